The van der Waals surface area contributed by atoms with Crippen molar-refractivity contribution in [1.29, 1.82) is 0 Å². The molecule has 1 saturated carbocycles. The molecule has 0 spiro atoms. The number of rotatable bonds is 6. The molecule has 0 unspecified atom stereocenters. The molecule has 2 fully saturated rings. The van der Waals surface area contributed by atoms with Crippen LogP contribution in [0.25, 0.3) is 0 Å². The highest BCUT2D eigenvalue weighted by molar-refractivity contribution is 7.98. The van der Waals surface area contributed by atoms with Gasteiger partial charge in [-0.2, -0.15) is 0 Å². The third-order valence-electron chi connectivity index (χ3n) is 6.12. The van der Waals surface area contributed by atoms with E-state index in [0.29, 0.717) is 23.6 Å². The number of methoxy groups -OCH3 is 1. The SMILES string of the molecule is CO[C@@H]1C[C@H]2CN(c3cc(N)nc(SC)n3)C[C@H]2C[C@H]1n1cc(CC(C)C)nn1. The second kappa shape index (κ2) is 8.47. The number of thioether (sulfide) groups is 1. The molecule has 1 aliphatic heterocycles. The summed E-state index contributed by atoms with van der Waals surface area (Å²) in [5, 5.41) is 9.57. The lowest BCUT2D eigenvalue weighted by Crippen LogP contribution is -2.37. The lowest BCUT2D eigenvalue weighted by Gasteiger charge is -2.36. The van der Waals surface area contributed by atoms with Crippen LogP contribution in [-0.4, -0.2) is 57.5 Å². The summed E-state index contributed by atoms with van der Waals surface area (Å²) in [4.78, 5) is 11.3. The van der Waals surface area contributed by atoms with Crippen molar-refractivity contribution in [2.24, 2.45) is 17.8 Å². The number of hydrogen-bond donors (Lipinski definition) is 1. The molecule has 29 heavy (non-hydrogen) atoms. The Morgan fingerprint density at radius 1 is 1.24 bits per heavy atom. The van der Waals surface area contributed by atoms with Crippen LogP contribution in [0.4, 0.5) is 11.6 Å². The van der Waals surface area contributed by atoms with Gasteiger partial charge in [0.15, 0.2) is 5.16 Å². The number of ether oxygens (including phenoxy) is 1. The van der Waals surface area contributed by atoms with E-state index >= 15 is 0 Å². The summed E-state index contributed by atoms with van der Waals surface area (Å²) in [5.74, 6) is 3.20. The van der Waals surface area contributed by atoms with Gasteiger partial charge in [-0.1, -0.05) is 30.8 Å². The topological polar surface area (TPSA) is 95.0 Å². The molecule has 0 bridgehead atoms. The molecular formula is C20H31N7OS. The van der Waals surface area contributed by atoms with E-state index in [1.165, 1.54) is 11.8 Å². The Kier molecular flexibility index (Phi) is 5.96. The Morgan fingerprint density at radius 3 is 2.69 bits per heavy atom. The van der Waals surface area contributed by atoms with E-state index in [2.05, 4.69) is 45.2 Å². The fourth-order valence-corrected chi connectivity index (χ4v) is 5.16. The summed E-state index contributed by atoms with van der Waals surface area (Å²) in [5.41, 5.74) is 7.06. The maximum atomic E-state index is 6.00. The minimum Gasteiger partial charge on any atom is -0.383 e. The van der Waals surface area contributed by atoms with E-state index in [4.69, 9.17) is 10.5 Å². The van der Waals surface area contributed by atoms with E-state index in [9.17, 15) is 0 Å². The normalized spacial score (nSPS) is 26.9. The molecule has 0 amide bonds. The molecule has 1 aliphatic carbocycles. The molecular weight excluding hydrogens is 386 g/mol. The van der Waals surface area contributed by atoms with E-state index in [0.717, 1.165) is 49.0 Å². The number of nitrogen functional groups attached to an aromatic ring is 1. The summed E-state index contributed by atoms with van der Waals surface area (Å²) >= 11 is 1.52. The van der Waals surface area contributed by atoms with Crippen LogP contribution in [0, 0.1) is 17.8 Å². The second-order valence-electron chi connectivity index (χ2n) is 8.66. The first-order chi connectivity index (χ1) is 14.0. The third kappa shape index (κ3) is 4.35. The monoisotopic (exact) mass is 417 g/mol. The van der Waals surface area contributed by atoms with Crippen molar-refractivity contribution in [2.75, 3.05) is 37.1 Å². The van der Waals surface area contributed by atoms with Gasteiger partial charge in [-0.3, -0.25) is 0 Å². The van der Waals surface area contributed by atoms with E-state index in [1.807, 2.05) is 24.1 Å². The van der Waals surface area contributed by atoms with Crippen LogP contribution in [-0.2, 0) is 11.2 Å². The molecule has 0 aromatic carbocycles. The number of nitrogens with zero attached hydrogens (tertiary/aromatic N) is 6. The molecule has 9 heteroatoms. The fraction of sp³-hybridized carbons (Fsp3) is 0.700. The van der Waals surface area contributed by atoms with E-state index < -0.39 is 0 Å². The molecule has 0 radical (unpaired) electrons. The van der Waals surface area contributed by atoms with Gasteiger partial charge in [-0.05, 0) is 43.3 Å². The number of anilines is 2. The predicted molar refractivity (Wildman–Crippen MR) is 115 cm³/mol. The van der Waals surface area contributed by atoms with Crippen molar-refractivity contribution in [3.63, 3.8) is 0 Å². The molecule has 4 atom stereocenters. The van der Waals surface area contributed by atoms with Crippen molar-refractivity contribution >= 4 is 23.4 Å². The zero-order chi connectivity index (χ0) is 20.5. The molecule has 4 rings (SSSR count). The van der Waals surface area contributed by atoms with Crippen molar-refractivity contribution in [2.45, 2.75) is 50.4 Å². The van der Waals surface area contributed by atoms with Gasteiger partial charge in [-0.25, -0.2) is 14.6 Å². The molecule has 2 N–H and O–H groups in total. The highest BCUT2D eigenvalue weighted by Gasteiger charge is 2.44. The predicted octanol–water partition coefficient (Wildman–Crippen LogP) is 2.67. The third-order valence-corrected chi connectivity index (χ3v) is 6.67. The first-order valence-corrected chi connectivity index (χ1v) is 11.6. The number of aromatic nitrogens is 5. The first-order valence-electron chi connectivity index (χ1n) is 10.3. The molecule has 158 valence electrons. The standard InChI is InChI=1S/C20H31N7OS/c1-12(2)5-15-11-27(25-24-15)16-6-13-9-26(10-14(13)7-17(16)28-3)19-8-18(21)22-20(23-19)29-4/h8,11-14,16-17H,5-7,9-10H2,1-4H3,(H2,21,22,23)/t13-,14+,16-,17-/m1/s1. The number of hydrogen-bond acceptors (Lipinski definition) is 8. The summed E-state index contributed by atoms with van der Waals surface area (Å²) in [7, 11) is 1.81. The maximum absolute atomic E-state index is 6.00. The van der Waals surface area contributed by atoms with Crippen molar-refractivity contribution in [1.82, 2.24) is 25.0 Å². The van der Waals surface area contributed by atoms with Crippen LogP contribution < -0.4 is 10.6 Å². The highest BCUT2D eigenvalue weighted by Crippen LogP contribution is 2.43. The van der Waals surface area contributed by atoms with Crippen LogP contribution in [0.5, 0.6) is 0 Å². The van der Waals surface area contributed by atoms with Gasteiger partial charge in [-0.15, -0.1) is 5.10 Å². The molecule has 8 nitrogen and oxygen atoms in total. The number of fused-ring (bicyclic) bond motifs is 1. The Bertz CT molecular complexity index is 842. The molecule has 2 aliphatic rings. The van der Waals surface area contributed by atoms with Crippen LogP contribution >= 0.6 is 11.8 Å². The van der Waals surface area contributed by atoms with Gasteiger partial charge < -0.3 is 15.4 Å². The van der Waals surface area contributed by atoms with Gasteiger partial charge >= 0.3 is 0 Å². The summed E-state index contributed by atoms with van der Waals surface area (Å²) < 4.78 is 7.94. The number of nitrogens with two attached hydrogens (primary N) is 1. The molecule has 2 aromatic heterocycles. The molecule has 1 saturated heterocycles. The van der Waals surface area contributed by atoms with Crippen molar-refractivity contribution in [3.05, 3.63) is 18.0 Å². The maximum Gasteiger partial charge on any atom is 0.191 e. The summed E-state index contributed by atoms with van der Waals surface area (Å²) in [6, 6.07) is 2.12. The average molecular weight is 418 g/mol. The fourth-order valence-electron chi connectivity index (χ4n) is 4.78. The van der Waals surface area contributed by atoms with Gasteiger partial charge in [0.1, 0.15) is 11.6 Å². The summed E-state index contributed by atoms with van der Waals surface area (Å²) in [6.45, 7) is 6.38. The van der Waals surface area contributed by atoms with Crippen LogP contribution in [0.15, 0.2) is 17.4 Å². The van der Waals surface area contributed by atoms with Crippen LogP contribution in [0.1, 0.15) is 38.4 Å². The smallest absolute Gasteiger partial charge is 0.191 e. The lowest BCUT2D eigenvalue weighted by atomic mass is 9.77. The average Bonchev–Trinajstić information content (AvgIpc) is 3.32. The van der Waals surface area contributed by atoms with Crippen molar-refractivity contribution < 1.29 is 4.74 Å². The Labute approximate surface area is 176 Å². The minimum atomic E-state index is 0.155. The van der Waals surface area contributed by atoms with Gasteiger partial charge in [0.25, 0.3) is 0 Å². The summed E-state index contributed by atoms with van der Waals surface area (Å²) in [6.07, 6.45) is 7.26. The van der Waals surface area contributed by atoms with E-state index in [1.54, 1.807) is 0 Å². The van der Waals surface area contributed by atoms with Crippen molar-refractivity contribution in [3.8, 4) is 0 Å². The Balaban J connectivity index is 1.50. The van der Waals surface area contributed by atoms with Gasteiger partial charge in [0.05, 0.1) is 17.8 Å². The Hall–Kier alpha value is -1.87. The van der Waals surface area contributed by atoms with Crippen LogP contribution in [0.2, 0.25) is 0 Å². The lowest BCUT2D eigenvalue weighted by molar-refractivity contribution is -0.00542. The van der Waals surface area contributed by atoms with Gasteiger partial charge in [0, 0.05) is 32.5 Å². The minimum absolute atomic E-state index is 0.155. The van der Waals surface area contributed by atoms with Gasteiger partial charge in [0.2, 0.25) is 0 Å². The zero-order valence-electron chi connectivity index (χ0n) is 17.7. The Morgan fingerprint density at radius 2 is 2.00 bits per heavy atom. The zero-order valence-corrected chi connectivity index (χ0v) is 18.5. The quantitative estimate of drug-likeness (QED) is 0.566. The van der Waals surface area contributed by atoms with E-state index in [-0.39, 0.29) is 12.1 Å². The largest absolute Gasteiger partial charge is 0.383 e. The van der Waals surface area contributed by atoms with Crippen LogP contribution in [0.3, 0.4) is 0 Å². The first kappa shape index (κ1) is 20.4. The second-order valence-corrected chi connectivity index (χ2v) is 9.44. The molecule has 2 aromatic rings. The highest BCUT2D eigenvalue weighted by atomic mass is 32.2. The molecule has 3 heterocycles.